The van der Waals surface area contributed by atoms with Crippen molar-refractivity contribution in [1.82, 2.24) is 19.4 Å². The number of sulfonamides is 1. The SMILES string of the molecule is CCOc1ccccc1N1CCN(S(=O)(=O)c2nn(CC)cc2C(=O)NCc2ccccc2)CC1. The Labute approximate surface area is 206 Å². The third kappa shape index (κ3) is 5.49. The number of aromatic nitrogens is 2. The molecule has 1 aliphatic rings. The first kappa shape index (κ1) is 24.7. The number of amides is 1. The van der Waals surface area contributed by atoms with Gasteiger partial charge in [0.15, 0.2) is 0 Å². The van der Waals surface area contributed by atoms with Crippen molar-refractivity contribution in [3.05, 3.63) is 71.9 Å². The van der Waals surface area contributed by atoms with Gasteiger partial charge in [-0.25, -0.2) is 8.42 Å². The molecule has 4 rings (SSSR count). The van der Waals surface area contributed by atoms with Crippen LogP contribution in [0.5, 0.6) is 5.75 Å². The number of carbonyl (C=O) groups excluding carboxylic acids is 1. The molecule has 35 heavy (non-hydrogen) atoms. The third-order valence-electron chi connectivity index (χ3n) is 5.92. The Bertz CT molecular complexity index is 1250. The van der Waals surface area contributed by atoms with Crippen molar-refractivity contribution >= 4 is 21.6 Å². The van der Waals surface area contributed by atoms with Crippen molar-refractivity contribution in [3.63, 3.8) is 0 Å². The van der Waals surface area contributed by atoms with E-state index < -0.39 is 15.9 Å². The first-order valence-electron chi connectivity index (χ1n) is 11.8. The molecular weight excluding hydrogens is 466 g/mol. The quantitative estimate of drug-likeness (QED) is 0.488. The Morgan fingerprint density at radius 3 is 2.37 bits per heavy atom. The molecule has 1 aliphatic heterocycles. The van der Waals surface area contributed by atoms with Crippen LogP contribution < -0.4 is 15.0 Å². The number of aryl methyl sites for hydroxylation is 1. The second kappa shape index (κ2) is 10.9. The number of ether oxygens (including phenoxy) is 1. The van der Waals surface area contributed by atoms with E-state index in [1.165, 1.54) is 15.2 Å². The zero-order valence-electron chi connectivity index (χ0n) is 20.1. The van der Waals surface area contributed by atoms with Crippen molar-refractivity contribution < 1.29 is 17.9 Å². The smallest absolute Gasteiger partial charge is 0.263 e. The van der Waals surface area contributed by atoms with Crippen LogP contribution in [0.3, 0.4) is 0 Å². The molecule has 1 N–H and O–H groups in total. The Hall–Kier alpha value is -3.37. The topological polar surface area (TPSA) is 96.8 Å². The lowest BCUT2D eigenvalue weighted by Crippen LogP contribution is -2.49. The van der Waals surface area contributed by atoms with Gasteiger partial charge in [-0.15, -0.1) is 0 Å². The van der Waals surface area contributed by atoms with Crippen LogP contribution in [0.25, 0.3) is 0 Å². The number of nitrogens with zero attached hydrogens (tertiary/aromatic N) is 4. The van der Waals surface area contributed by atoms with Gasteiger partial charge in [-0.05, 0) is 31.5 Å². The van der Waals surface area contributed by atoms with Crippen molar-refractivity contribution in [2.75, 3.05) is 37.7 Å². The minimum absolute atomic E-state index is 0.0619. The lowest BCUT2D eigenvalue weighted by atomic mass is 10.2. The Morgan fingerprint density at radius 2 is 1.69 bits per heavy atom. The van der Waals surface area contributed by atoms with Crippen molar-refractivity contribution in [1.29, 1.82) is 0 Å². The number of anilines is 1. The standard InChI is InChI=1S/C25H31N5O4S/c1-3-29-19-21(24(31)26-18-20-10-6-5-7-11-20)25(27-29)35(32,33)30-16-14-28(15-17-30)22-12-8-9-13-23(22)34-4-2/h5-13,19H,3-4,14-18H2,1-2H3,(H,26,31). The van der Waals surface area contributed by atoms with Gasteiger partial charge in [-0.2, -0.15) is 9.40 Å². The van der Waals surface area contributed by atoms with Gasteiger partial charge < -0.3 is 15.0 Å². The number of hydrogen-bond donors (Lipinski definition) is 1. The van der Waals surface area contributed by atoms with Gasteiger partial charge in [0, 0.05) is 45.5 Å². The summed E-state index contributed by atoms with van der Waals surface area (Å²) >= 11 is 0. The minimum Gasteiger partial charge on any atom is -0.492 e. The molecule has 10 heteroatoms. The van der Waals surface area contributed by atoms with E-state index in [2.05, 4.69) is 15.3 Å². The van der Waals surface area contributed by atoms with Gasteiger partial charge in [0.1, 0.15) is 5.75 Å². The fourth-order valence-electron chi connectivity index (χ4n) is 4.07. The second-order valence-corrected chi connectivity index (χ2v) is 10.0. The monoisotopic (exact) mass is 497 g/mol. The molecule has 0 atom stereocenters. The summed E-state index contributed by atoms with van der Waals surface area (Å²) in [7, 11) is -3.95. The lowest BCUT2D eigenvalue weighted by Gasteiger charge is -2.35. The molecule has 1 amide bonds. The summed E-state index contributed by atoms with van der Waals surface area (Å²) in [5, 5.41) is 6.88. The number of nitrogens with one attached hydrogen (secondary N) is 1. The van der Waals surface area contributed by atoms with Crippen LogP contribution in [0.2, 0.25) is 0 Å². The molecule has 0 radical (unpaired) electrons. The Kier molecular flexibility index (Phi) is 7.72. The fraction of sp³-hybridized carbons (Fsp3) is 0.360. The van der Waals surface area contributed by atoms with Crippen LogP contribution in [0.4, 0.5) is 5.69 Å². The third-order valence-corrected chi connectivity index (χ3v) is 7.76. The molecule has 0 aliphatic carbocycles. The summed E-state index contributed by atoms with van der Waals surface area (Å²) in [4.78, 5) is 15.1. The van der Waals surface area contributed by atoms with E-state index in [1.807, 2.05) is 68.4 Å². The van der Waals surface area contributed by atoms with Crippen LogP contribution in [-0.4, -0.2) is 61.2 Å². The number of rotatable bonds is 9. The van der Waals surface area contributed by atoms with Crippen LogP contribution in [-0.2, 0) is 23.1 Å². The molecular formula is C25H31N5O4S. The molecule has 1 saturated heterocycles. The van der Waals surface area contributed by atoms with Crippen molar-refractivity contribution in [2.45, 2.75) is 32.0 Å². The number of piperazine rings is 1. The van der Waals surface area contributed by atoms with E-state index in [-0.39, 0.29) is 23.7 Å². The second-order valence-electron chi connectivity index (χ2n) is 8.16. The largest absolute Gasteiger partial charge is 0.492 e. The van der Waals surface area contributed by atoms with Gasteiger partial charge in [-0.1, -0.05) is 42.5 Å². The molecule has 186 valence electrons. The van der Waals surface area contributed by atoms with E-state index in [4.69, 9.17) is 4.74 Å². The summed E-state index contributed by atoms with van der Waals surface area (Å²) < 4.78 is 35.7. The van der Waals surface area contributed by atoms with Crippen LogP contribution in [0.15, 0.2) is 65.8 Å². The molecule has 0 spiro atoms. The van der Waals surface area contributed by atoms with Gasteiger partial charge in [0.2, 0.25) is 5.03 Å². The number of para-hydroxylation sites is 2. The first-order chi connectivity index (χ1) is 16.9. The van der Waals surface area contributed by atoms with Crippen LogP contribution in [0, 0.1) is 0 Å². The maximum absolute atomic E-state index is 13.6. The number of benzene rings is 2. The predicted molar refractivity (Wildman–Crippen MR) is 134 cm³/mol. The Balaban J connectivity index is 1.50. The highest BCUT2D eigenvalue weighted by molar-refractivity contribution is 7.89. The molecule has 2 heterocycles. The van der Waals surface area contributed by atoms with Gasteiger partial charge >= 0.3 is 0 Å². The highest BCUT2D eigenvalue weighted by Gasteiger charge is 2.35. The van der Waals surface area contributed by atoms with E-state index in [0.717, 1.165) is 17.0 Å². The van der Waals surface area contributed by atoms with E-state index in [0.29, 0.717) is 32.8 Å². The molecule has 0 saturated carbocycles. The van der Waals surface area contributed by atoms with Crippen LogP contribution >= 0.6 is 0 Å². The molecule has 0 unspecified atom stereocenters. The molecule has 1 aromatic heterocycles. The summed E-state index contributed by atoms with van der Waals surface area (Å²) in [6, 6.07) is 17.2. The summed E-state index contributed by atoms with van der Waals surface area (Å²) in [5.74, 6) is 0.321. The van der Waals surface area contributed by atoms with Crippen molar-refractivity contribution in [2.24, 2.45) is 0 Å². The van der Waals surface area contributed by atoms with E-state index in [1.54, 1.807) is 0 Å². The summed E-state index contributed by atoms with van der Waals surface area (Å²) in [6.07, 6.45) is 1.50. The molecule has 0 bridgehead atoms. The van der Waals surface area contributed by atoms with Gasteiger partial charge in [-0.3, -0.25) is 9.48 Å². The average molecular weight is 498 g/mol. The van der Waals surface area contributed by atoms with E-state index >= 15 is 0 Å². The fourth-order valence-corrected chi connectivity index (χ4v) is 5.59. The molecule has 9 nitrogen and oxygen atoms in total. The lowest BCUT2D eigenvalue weighted by molar-refractivity contribution is 0.0947. The normalized spacial score (nSPS) is 14.6. The zero-order valence-corrected chi connectivity index (χ0v) is 20.9. The van der Waals surface area contributed by atoms with Crippen molar-refractivity contribution in [3.8, 4) is 5.75 Å². The van der Waals surface area contributed by atoms with Gasteiger partial charge in [0.05, 0.1) is 17.9 Å². The maximum atomic E-state index is 13.6. The minimum atomic E-state index is -3.95. The molecule has 2 aromatic carbocycles. The maximum Gasteiger partial charge on any atom is 0.263 e. The Morgan fingerprint density at radius 1 is 1.00 bits per heavy atom. The van der Waals surface area contributed by atoms with Gasteiger partial charge in [0.25, 0.3) is 15.9 Å². The first-order valence-corrected chi connectivity index (χ1v) is 13.2. The zero-order chi connectivity index (χ0) is 24.8. The average Bonchev–Trinajstić information content (AvgIpc) is 3.34. The molecule has 3 aromatic rings. The van der Waals surface area contributed by atoms with E-state index in [9.17, 15) is 13.2 Å². The number of carbonyl (C=O) groups is 1. The highest BCUT2D eigenvalue weighted by atomic mass is 32.2. The summed E-state index contributed by atoms with van der Waals surface area (Å²) in [6.45, 7) is 6.68. The molecule has 1 fully saturated rings. The summed E-state index contributed by atoms with van der Waals surface area (Å²) in [5.41, 5.74) is 1.94. The van der Waals surface area contributed by atoms with Crippen LogP contribution in [0.1, 0.15) is 29.8 Å². The highest BCUT2D eigenvalue weighted by Crippen LogP contribution is 2.30. The predicted octanol–water partition coefficient (Wildman–Crippen LogP) is 2.74. The number of hydrogen-bond acceptors (Lipinski definition) is 6.